The second-order valence-electron chi connectivity index (χ2n) is 7.90. The fourth-order valence-electron chi connectivity index (χ4n) is 3.40. The number of allylic oxidation sites excluding steroid dienone is 4. The van der Waals surface area contributed by atoms with Gasteiger partial charge < -0.3 is 10.1 Å². The molecule has 32 heavy (non-hydrogen) atoms. The van der Waals surface area contributed by atoms with E-state index in [1.807, 2.05) is 27.7 Å². The molecule has 2 rings (SSSR count). The molecule has 0 aromatic rings. The van der Waals surface area contributed by atoms with Crippen LogP contribution in [0.2, 0.25) is 0 Å². The maximum Gasteiger partial charge on any atom is 0.0885 e. The fraction of sp³-hybridized carbons (Fsp3) is 0.690. The Kier molecular flexibility index (Phi) is 22.7. The van der Waals surface area contributed by atoms with Crippen LogP contribution in [-0.2, 0) is 4.74 Å². The predicted octanol–water partition coefficient (Wildman–Crippen LogP) is 9.14. The van der Waals surface area contributed by atoms with Crippen LogP contribution in [0.5, 0.6) is 0 Å². The van der Waals surface area contributed by atoms with E-state index in [2.05, 4.69) is 58.3 Å². The summed E-state index contributed by atoms with van der Waals surface area (Å²) in [4.78, 5) is 4.91. The lowest BCUT2D eigenvalue weighted by Gasteiger charge is -2.23. The molecular formula is C29H54N2O. The Morgan fingerprint density at radius 2 is 1.66 bits per heavy atom. The molecule has 1 N–H and O–H groups in total. The summed E-state index contributed by atoms with van der Waals surface area (Å²) in [5.41, 5.74) is 4.95. The van der Waals surface area contributed by atoms with Crippen LogP contribution in [0.25, 0.3) is 0 Å². The Morgan fingerprint density at radius 1 is 1.03 bits per heavy atom. The van der Waals surface area contributed by atoms with E-state index < -0.39 is 0 Å². The predicted molar refractivity (Wildman–Crippen MR) is 146 cm³/mol. The average molecular weight is 447 g/mol. The van der Waals surface area contributed by atoms with Gasteiger partial charge in [0, 0.05) is 35.0 Å². The molecule has 3 heteroatoms. The molecule has 0 radical (unpaired) electrons. The Labute approximate surface area is 201 Å². The standard InChI is InChI=1S/C18H28N2.C6H12O.C3H8.C2H6/c1-4-6-10-15(9-5-2)18-16-11-7-8-12-17(16)20-14(3)13-19-18;1-4-6(3)7-5-2;1-3-2;1-2/h11-12,15,20H,3-10,13H2,1-2H3;3-5H2,1-2H3;3H2,1-2H3;1-2H3. The van der Waals surface area contributed by atoms with E-state index in [0.717, 1.165) is 43.9 Å². The third kappa shape index (κ3) is 14.3. The molecule has 3 nitrogen and oxygen atoms in total. The van der Waals surface area contributed by atoms with Gasteiger partial charge in [-0.15, -0.1) is 0 Å². The van der Waals surface area contributed by atoms with Crippen molar-refractivity contribution in [3.05, 3.63) is 48.0 Å². The highest BCUT2D eigenvalue weighted by Gasteiger charge is 2.24. The first kappa shape index (κ1) is 32.4. The molecule has 1 aliphatic heterocycles. The summed E-state index contributed by atoms with van der Waals surface area (Å²) in [6.07, 6.45) is 15.4. The van der Waals surface area contributed by atoms with E-state index in [1.54, 1.807) is 0 Å². The maximum atomic E-state index is 5.00. The highest BCUT2D eigenvalue weighted by atomic mass is 16.5. The summed E-state index contributed by atoms with van der Waals surface area (Å²) in [6.45, 7) is 26.0. The molecule has 0 aromatic carbocycles. The van der Waals surface area contributed by atoms with Crippen LogP contribution in [0.3, 0.4) is 0 Å². The van der Waals surface area contributed by atoms with Crippen molar-refractivity contribution in [2.75, 3.05) is 13.2 Å². The minimum Gasteiger partial charge on any atom is -0.499 e. The zero-order valence-electron chi connectivity index (χ0n) is 22.8. The second kappa shape index (κ2) is 22.4. The van der Waals surface area contributed by atoms with Crippen molar-refractivity contribution in [1.82, 2.24) is 5.32 Å². The van der Waals surface area contributed by atoms with Crippen LogP contribution in [0.1, 0.15) is 113 Å². The van der Waals surface area contributed by atoms with E-state index in [-0.39, 0.29) is 0 Å². The van der Waals surface area contributed by atoms with Crippen molar-refractivity contribution in [3.8, 4) is 0 Å². The van der Waals surface area contributed by atoms with Crippen LogP contribution in [0.4, 0.5) is 0 Å². The topological polar surface area (TPSA) is 33.6 Å². The molecule has 0 bridgehead atoms. The molecule has 1 unspecified atom stereocenters. The lowest BCUT2D eigenvalue weighted by Crippen LogP contribution is -2.22. The number of hydrogen-bond donors (Lipinski definition) is 1. The lowest BCUT2D eigenvalue weighted by atomic mass is 9.85. The molecule has 186 valence electrons. The number of hydrogen-bond acceptors (Lipinski definition) is 3. The van der Waals surface area contributed by atoms with Crippen LogP contribution in [0, 0.1) is 5.92 Å². The van der Waals surface area contributed by atoms with Gasteiger partial charge in [0.15, 0.2) is 0 Å². The van der Waals surface area contributed by atoms with Crippen molar-refractivity contribution in [3.63, 3.8) is 0 Å². The molecule has 0 saturated heterocycles. The fourth-order valence-corrected chi connectivity index (χ4v) is 3.40. The van der Waals surface area contributed by atoms with Crippen LogP contribution >= 0.6 is 0 Å². The zero-order valence-corrected chi connectivity index (χ0v) is 22.8. The number of ether oxygens (including phenoxy) is 1. The quantitative estimate of drug-likeness (QED) is 0.358. The summed E-state index contributed by atoms with van der Waals surface area (Å²) < 4.78 is 5.00. The largest absolute Gasteiger partial charge is 0.499 e. The molecule has 0 amide bonds. The Balaban J connectivity index is 0. The number of aliphatic imine (C=N–C) groups is 1. The van der Waals surface area contributed by atoms with Gasteiger partial charge in [0.05, 0.1) is 18.9 Å². The Hall–Kier alpha value is -1.77. The number of nitrogens with one attached hydrogen (secondary N) is 1. The lowest BCUT2D eigenvalue weighted by molar-refractivity contribution is 0.223. The van der Waals surface area contributed by atoms with Crippen molar-refractivity contribution in [2.45, 2.75) is 113 Å². The van der Waals surface area contributed by atoms with Crippen LogP contribution in [-0.4, -0.2) is 18.9 Å². The number of unbranched alkanes of at least 4 members (excludes halogenated alkanes) is 1. The zero-order chi connectivity index (χ0) is 24.8. The van der Waals surface area contributed by atoms with Crippen LogP contribution < -0.4 is 5.32 Å². The maximum absolute atomic E-state index is 5.00. The van der Waals surface area contributed by atoms with Gasteiger partial charge in [0.2, 0.25) is 0 Å². The van der Waals surface area contributed by atoms with E-state index in [4.69, 9.17) is 9.73 Å². The van der Waals surface area contributed by atoms with Crippen molar-refractivity contribution in [1.29, 1.82) is 0 Å². The first-order valence-corrected chi connectivity index (χ1v) is 13.2. The Bertz CT molecular complexity index is 584. The van der Waals surface area contributed by atoms with Crippen molar-refractivity contribution < 1.29 is 4.74 Å². The number of rotatable bonds is 9. The normalized spacial score (nSPS) is 15.1. The second-order valence-corrected chi connectivity index (χ2v) is 7.90. The SMILES string of the molecule is C=C(CC)OCC.C=C1CN=C(C(CCC)CCCC)C2=CCCC=C2N1.CC.CCC. The minimum atomic E-state index is 0.611. The molecule has 0 spiro atoms. The molecule has 0 fully saturated rings. The molecule has 0 saturated carbocycles. The molecule has 1 atom stereocenters. The van der Waals surface area contributed by atoms with E-state index in [9.17, 15) is 0 Å². The highest BCUT2D eigenvalue weighted by Crippen LogP contribution is 2.29. The summed E-state index contributed by atoms with van der Waals surface area (Å²) in [7, 11) is 0. The van der Waals surface area contributed by atoms with Gasteiger partial charge in [0.1, 0.15) is 0 Å². The molecule has 1 heterocycles. The van der Waals surface area contributed by atoms with Gasteiger partial charge in [-0.2, -0.15) is 0 Å². The first-order valence-electron chi connectivity index (χ1n) is 13.2. The van der Waals surface area contributed by atoms with E-state index in [0.29, 0.717) is 5.92 Å². The minimum absolute atomic E-state index is 0.611. The molecule has 0 aromatic heterocycles. The van der Waals surface area contributed by atoms with E-state index in [1.165, 1.54) is 55.5 Å². The highest BCUT2D eigenvalue weighted by molar-refractivity contribution is 6.06. The third-order valence-corrected chi connectivity index (χ3v) is 4.85. The Morgan fingerprint density at radius 3 is 2.16 bits per heavy atom. The number of nitrogens with zero attached hydrogens (tertiary/aromatic N) is 1. The monoisotopic (exact) mass is 446 g/mol. The van der Waals surface area contributed by atoms with Gasteiger partial charge in [-0.25, -0.2) is 0 Å². The van der Waals surface area contributed by atoms with Crippen molar-refractivity contribution >= 4 is 5.71 Å². The first-order chi connectivity index (χ1) is 15.5. The van der Waals surface area contributed by atoms with Gasteiger partial charge in [-0.3, -0.25) is 4.99 Å². The summed E-state index contributed by atoms with van der Waals surface area (Å²) in [5, 5.41) is 3.45. The summed E-state index contributed by atoms with van der Waals surface area (Å²) in [6, 6.07) is 0. The summed E-state index contributed by atoms with van der Waals surface area (Å²) >= 11 is 0. The summed E-state index contributed by atoms with van der Waals surface area (Å²) in [5.74, 6) is 1.49. The molecule has 2 aliphatic rings. The average Bonchev–Trinajstić information content (AvgIpc) is 2.97. The smallest absolute Gasteiger partial charge is 0.0885 e. The van der Waals surface area contributed by atoms with E-state index >= 15 is 0 Å². The van der Waals surface area contributed by atoms with Gasteiger partial charge in [-0.05, 0) is 32.6 Å². The van der Waals surface area contributed by atoms with Crippen LogP contribution in [0.15, 0.2) is 53.0 Å². The number of fused-ring (bicyclic) bond motifs is 1. The van der Waals surface area contributed by atoms with Gasteiger partial charge in [0.25, 0.3) is 0 Å². The van der Waals surface area contributed by atoms with Gasteiger partial charge in [-0.1, -0.05) is 99.5 Å². The van der Waals surface area contributed by atoms with Gasteiger partial charge >= 0.3 is 0 Å². The third-order valence-electron chi connectivity index (χ3n) is 4.85. The molecule has 1 aliphatic carbocycles. The molecular weight excluding hydrogens is 392 g/mol. The van der Waals surface area contributed by atoms with Crippen molar-refractivity contribution in [2.24, 2.45) is 10.9 Å².